The number of carbonyl (C=O) groups is 1. The minimum absolute atomic E-state index is 0.0226. The third-order valence-electron chi connectivity index (χ3n) is 3.27. The lowest BCUT2D eigenvalue weighted by Crippen LogP contribution is -2.59. The zero-order chi connectivity index (χ0) is 11.5. The van der Waals surface area contributed by atoms with E-state index in [-0.39, 0.29) is 11.6 Å². The van der Waals surface area contributed by atoms with Crippen molar-refractivity contribution < 1.29 is 4.79 Å². The number of hydrogen-bond donors (Lipinski definition) is 1. The van der Waals surface area contributed by atoms with Crippen LogP contribution in [0.2, 0.25) is 0 Å². The molecule has 0 heterocycles. The van der Waals surface area contributed by atoms with Crippen LogP contribution in [-0.4, -0.2) is 30.6 Å². The topological polar surface area (TPSA) is 32.3 Å². The molecule has 3 heteroatoms. The molecule has 0 atom stereocenters. The molecule has 1 saturated carbocycles. The molecule has 0 aromatic heterocycles. The van der Waals surface area contributed by atoms with Gasteiger partial charge in [0.25, 0.3) is 0 Å². The maximum atomic E-state index is 11.7. The van der Waals surface area contributed by atoms with Crippen LogP contribution in [0.15, 0.2) is 12.2 Å². The number of rotatable bonds is 3. The number of carbonyl (C=O) groups excluding carboxylic acids is 1. The molecule has 1 aliphatic rings. The van der Waals surface area contributed by atoms with Crippen molar-refractivity contribution in [1.82, 2.24) is 10.2 Å². The summed E-state index contributed by atoms with van der Waals surface area (Å²) in [5.41, 5.74) is 0.440. The summed E-state index contributed by atoms with van der Waals surface area (Å²) in [7, 11) is 4.06. The molecule has 0 radical (unpaired) electrons. The first-order chi connectivity index (χ1) is 6.98. The normalized spacial score (nSPS) is 20.0. The largest absolute Gasteiger partial charge is 0.334 e. The van der Waals surface area contributed by atoms with Gasteiger partial charge in [0.05, 0.1) is 5.66 Å². The van der Waals surface area contributed by atoms with E-state index < -0.39 is 0 Å². The average molecular weight is 210 g/mol. The predicted octanol–water partition coefficient (Wildman–Crippen LogP) is 1.90. The lowest BCUT2D eigenvalue weighted by atomic mass is 9.87. The minimum atomic E-state index is -0.145. The fourth-order valence-electron chi connectivity index (χ4n) is 2.14. The van der Waals surface area contributed by atoms with Crippen molar-refractivity contribution >= 4 is 5.91 Å². The van der Waals surface area contributed by atoms with E-state index in [9.17, 15) is 4.79 Å². The monoisotopic (exact) mass is 210 g/mol. The Labute approximate surface area is 92.5 Å². The summed E-state index contributed by atoms with van der Waals surface area (Å²) in [6, 6.07) is 0. The van der Waals surface area contributed by atoms with Gasteiger partial charge in [-0.05, 0) is 46.7 Å². The molecule has 0 saturated heterocycles. The highest BCUT2D eigenvalue weighted by Gasteiger charge is 2.35. The predicted molar refractivity (Wildman–Crippen MR) is 62.5 cm³/mol. The molecule has 0 unspecified atom stereocenters. The first-order valence-electron chi connectivity index (χ1n) is 5.63. The third-order valence-corrected chi connectivity index (χ3v) is 3.27. The Morgan fingerprint density at radius 2 is 1.80 bits per heavy atom. The Bertz CT molecular complexity index is 252. The highest BCUT2D eigenvalue weighted by Crippen LogP contribution is 2.29. The summed E-state index contributed by atoms with van der Waals surface area (Å²) < 4.78 is 0. The molecule has 1 aliphatic carbocycles. The van der Waals surface area contributed by atoms with Crippen LogP contribution in [0.1, 0.15) is 39.0 Å². The van der Waals surface area contributed by atoms with E-state index in [2.05, 4.69) is 16.8 Å². The van der Waals surface area contributed by atoms with Crippen molar-refractivity contribution in [2.24, 2.45) is 0 Å². The number of amides is 1. The second-order valence-corrected chi connectivity index (χ2v) is 4.72. The van der Waals surface area contributed by atoms with Gasteiger partial charge in [-0.2, -0.15) is 0 Å². The summed E-state index contributed by atoms with van der Waals surface area (Å²) in [5, 5.41) is 3.12. The lowest BCUT2D eigenvalue weighted by Gasteiger charge is -2.43. The molecular weight excluding hydrogens is 188 g/mol. The fourth-order valence-corrected chi connectivity index (χ4v) is 2.14. The van der Waals surface area contributed by atoms with Crippen LogP contribution in [0.5, 0.6) is 0 Å². The summed E-state index contributed by atoms with van der Waals surface area (Å²) >= 11 is 0. The highest BCUT2D eigenvalue weighted by atomic mass is 16.2. The van der Waals surface area contributed by atoms with Gasteiger partial charge in [0.15, 0.2) is 0 Å². The van der Waals surface area contributed by atoms with Gasteiger partial charge in [0, 0.05) is 5.57 Å². The van der Waals surface area contributed by atoms with Gasteiger partial charge < -0.3 is 5.32 Å². The van der Waals surface area contributed by atoms with Crippen LogP contribution in [0.25, 0.3) is 0 Å². The van der Waals surface area contributed by atoms with Gasteiger partial charge in [0.2, 0.25) is 5.91 Å². The molecule has 0 bridgehead atoms. The third kappa shape index (κ3) is 2.81. The average Bonchev–Trinajstić information content (AvgIpc) is 2.18. The SMILES string of the molecule is C=C(C)C(=O)NC1(N(C)C)CCCCC1. The molecule has 0 spiro atoms. The number of nitrogens with zero attached hydrogens (tertiary/aromatic N) is 1. The Balaban J connectivity index is 2.73. The van der Waals surface area contributed by atoms with Gasteiger partial charge in [-0.25, -0.2) is 0 Å². The highest BCUT2D eigenvalue weighted by molar-refractivity contribution is 5.92. The zero-order valence-corrected chi connectivity index (χ0v) is 10.1. The van der Waals surface area contributed by atoms with Crippen molar-refractivity contribution in [3.63, 3.8) is 0 Å². The molecule has 3 nitrogen and oxygen atoms in total. The number of nitrogens with one attached hydrogen (secondary N) is 1. The summed E-state index contributed by atoms with van der Waals surface area (Å²) in [4.78, 5) is 13.8. The van der Waals surface area contributed by atoms with Crippen LogP contribution >= 0.6 is 0 Å². The first kappa shape index (κ1) is 12.2. The van der Waals surface area contributed by atoms with Gasteiger partial charge in [-0.3, -0.25) is 9.69 Å². The lowest BCUT2D eigenvalue weighted by molar-refractivity contribution is -0.122. The van der Waals surface area contributed by atoms with Crippen molar-refractivity contribution in [3.05, 3.63) is 12.2 Å². The van der Waals surface area contributed by atoms with Crippen molar-refractivity contribution in [2.75, 3.05) is 14.1 Å². The Morgan fingerprint density at radius 1 is 1.27 bits per heavy atom. The maximum Gasteiger partial charge on any atom is 0.247 e. The Morgan fingerprint density at radius 3 is 2.20 bits per heavy atom. The zero-order valence-electron chi connectivity index (χ0n) is 10.1. The molecule has 15 heavy (non-hydrogen) atoms. The van der Waals surface area contributed by atoms with E-state index in [1.54, 1.807) is 6.92 Å². The minimum Gasteiger partial charge on any atom is -0.334 e. The number of hydrogen-bond acceptors (Lipinski definition) is 2. The van der Waals surface area contributed by atoms with Gasteiger partial charge in [-0.15, -0.1) is 0 Å². The second kappa shape index (κ2) is 4.79. The standard InChI is InChI=1S/C12H22N2O/c1-10(2)11(15)13-12(14(3)4)8-6-5-7-9-12/h1,5-9H2,2-4H3,(H,13,15). The van der Waals surface area contributed by atoms with Crippen molar-refractivity contribution in [2.45, 2.75) is 44.7 Å². The molecule has 0 aliphatic heterocycles. The summed E-state index contributed by atoms with van der Waals surface area (Å²) in [5.74, 6) is -0.0226. The maximum absolute atomic E-state index is 11.7. The van der Waals surface area contributed by atoms with E-state index in [1.165, 1.54) is 19.3 Å². The van der Waals surface area contributed by atoms with E-state index in [1.807, 2.05) is 14.1 Å². The smallest absolute Gasteiger partial charge is 0.247 e. The van der Waals surface area contributed by atoms with E-state index >= 15 is 0 Å². The molecule has 86 valence electrons. The van der Waals surface area contributed by atoms with Crippen LogP contribution in [0.4, 0.5) is 0 Å². The van der Waals surface area contributed by atoms with E-state index in [0.717, 1.165) is 12.8 Å². The van der Waals surface area contributed by atoms with E-state index in [0.29, 0.717) is 5.57 Å². The molecule has 0 aromatic rings. The molecule has 1 amide bonds. The van der Waals surface area contributed by atoms with Crippen LogP contribution in [0.3, 0.4) is 0 Å². The van der Waals surface area contributed by atoms with Crippen LogP contribution in [0, 0.1) is 0 Å². The van der Waals surface area contributed by atoms with Crippen LogP contribution < -0.4 is 5.32 Å². The summed E-state index contributed by atoms with van der Waals surface area (Å²) in [6.07, 6.45) is 5.74. The molecule has 1 rings (SSSR count). The molecular formula is C12H22N2O. The van der Waals surface area contributed by atoms with Gasteiger partial charge >= 0.3 is 0 Å². The van der Waals surface area contributed by atoms with Gasteiger partial charge in [-0.1, -0.05) is 13.0 Å². The van der Waals surface area contributed by atoms with Crippen LogP contribution in [-0.2, 0) is 4.79 Å². The molecule has 1 fully saturated rings. The first-order valence-corrected chi connectivity index (χ1v) is 5.63. The molecule has 0 aromatic carbocycles. The molecule has 1 N–H and O–H groups in total. The van der Waals surface area contributed by atoms with Crippen molar-refractivity contribution in [3.8, 4) is 0 Å². The quantitative estimate of drug-likeness (QED) is 0.570. The summed E-state index contributed by atoms with van der Waals surface area (Å²) in [6.45, 7) is 5.43. The second-order valence-electron chi connectivity index (χ2n) is 4.72. The van der Waals surface area contributed by atoms with Gasteiger partial charge in [0.1, 0.15) is 0 Å². The Hall–Kier alpha value is -0.830. The van der Waals surface area contributed by atoms with Crippen molar-refractivity contribution in [1.29, 1.82) is 0 Å². The van der Waals surface area contributed by atoms with E-state index in [4.69, 9.17) is 0 Å². The fraction of sp³-hybridized carbons (Fsp3) is 0.750. The Kier molecular flexibility index (Phi) is 3.91.